The molecule has 1 fully saturated rings. The normalized spacial score (nSPS) is 34.8. The largest absolute Gasteiger partial charge is 0.634 e. The van der Waals surface area contributed by atoms with E-state index in [0.717, 1.165) is 6.42 Å². The predicted molar refractivity (Wildman–Crippen MR) is 29.9 cm³/mol. The van der Waals surface area contributed by atoms with Crippen molar-refractivity contribution in [3.8, 4) is 0 Å². The van der Waals surface area contributed by atoms with E-state index in [1.807, 2.05) is 0 Å². The van der Waals surface area contributed by atoms with Crippen molar-refractivity contribution in [2.24, 2.45) is 0 Å². The van der Waals surface area contributed by atoms with E-state index in [1.165, 1.54) is 0 Å². The summed E-state index contributed by atoms with van der Waals surface area (Å²) >= 11 is 0. The van der Waals surface area contributed by atoms with Crippen molar-refractivity contribution in [2.45, 2.75) is 18.9 Å². The number of carbonyl (C=O) groups is 1. The number of rotatable bonds is 1. The van der Waals surface area contributed by atoms with Crippen LogP contribution in [0.2, 0.25) is 0 Å². The SMILES string of the molecule is O=C(O)[C@@H]1CCC[NH+]1[O-]. The summed E-state index contributed by atoms with van der Waals surface area (Å²) in [6.45, 7) is 0.455. The van der Waals surface area contributed by atoms with Crippen LogP contribution in [0.5, 0.6) is 0 Å². The molecule has 0 bridgehead atoms. The molecule has 1 unspecified atom stereocenters. The van der Waals surface area contributed by atoms with Gasteiger partial charge in [-0.05, 0) is 0 Å². The van der Waals surface area contributed by atoms with E-state index in [0.29, 0.717) is 13.0 Å². The van der Waals surface area contributed by atoms with Crippen molar-refractivity contribution < 1.29 is 15.0 Å². The molecular formula is C5H9NO3. The molecule has 0 saturated carbocycles. The highest BCUT2D eigenvalue weighted by Crippen LogP contribution is 1.98. The Labute approximate surface area is 52.7 Å². The third-order valence-corrected chi connectivity index (χ3v) is 1.60. The van der Waals surface area contributed by atoms with Gasteiger partial charge in [-0.25, -0.2) is 4.79 Å². The van der Waals surface area contributed by atoms with Crippen LogP contribution in [0, 0.1) is 5.21 Å². The van der Waals surface area contributed by atoms with Crippen molar-refractivity contribution >= 4 is 5.97 Å². The minimum absolute atomic E-state index is 0.109. The Balaban J connectivity index is 2.49. The number of carboxylic acids is 1. The van der Waals surface area contributed by atoms with E-state index in [2.05, 4.69) is 0 Å². The van der Waals surface area contributed by atoms with E-state index in [4.69, 9.17) is 5.11 Å². The van der Waals surface area contributed by atoms with Crippen LogP contribution in [0.15, 0.2) is 0 Å². The minimum Gasteiger partial charge on any atom is -0.634 e. The summed E-state index contributed by atoms with van der Waals surface area (Å²) in [7, 11) is 0. The van der Waals surface area contributed by atoms with Gasteiger partial charge in [0.15, 0.2) is 6.04 Å². The fourth-order valence-electron chi connectivity index (χ4n) is 1.08. The standard InChI is InChI=1S/C5H9NO3/c7-5(8)4-2-1-3-6(4)9/h4,6H,1-3H2,(H,7,8)/t4-/m0/s1. The summed E-state index contributed by atoms with van der Waals surface area (Å²) in [6, 6.07) is -0.690. The molecule has 1 aliphatic heterocycles. The first-order valence-corrected chi connectivity index (χ1v) is 2.97. The van der Waals surface area contributed by atoms with E-state index >= 15 is 0 Å². The predicted octanol–water partition coefficient (Wildman–Crippen LogP) is -1.38. The van der Waals surface area contributed by atoms with Crippen LogP contribution in [-0.4, -0.2) is 23.7 Å². The summed E-state index contributed by atoms with van der Waals surface area (Å²) in [5.41, 5.74) is 0. The van der Waals surface area contributed by atoms with Gasteiger partial charge in [0.1, 0.15) is 0 Å². The zero-order valence-corrected chi connectivity index (χ0v) is 4.96. The second-order valence-electron chi connectivity index (χ2n) is 2.25. The molecule has 0 radical (unpaired) electrons. The second kappa shape index (κ2) is 2.33. The Morgan fingerprint density at radius 3 is 2.67 bits per heavy atom. The summed E-state index contributed by atoms with van der Waals surface area (Å²) in [5, 5.41) is 18.9. The minimum atomic E-state index is -0.961. The third kappa shape index (κ3) is 1.20. The molecule has 52 valence electrons. The molecule has 2 N–H and O–H groups in total. The number of aliphatic carboxylic acids is 1. The third-order valence-electron chi connectivity index (χ3n) is 1.60. The molecule has 1 rings (SSSR count). The summed E-state index contributed by atoms with van der Waals surface area (Å²) < 4.78 is 0. The fraction of sp³-hybridized carbons (Fsp3) is 0.800. The lowest BCUT2D eigenvalue weighted by atomic mass is 10.2. The molecule has 9 heavy (non-hydrogen) atoms. The Morgan fingerprint density at radius 2 is 2.44 bits per heavy atom. The first kappa shape index (κ1) is 6.51. The number of hydrogen-bond acceptors (Lipinski definition) is 2. The van der Waals surface area contributed by atoms with E-state index in [9.17, 15) is 10.0 Å². The molecule has 1 saturated heterocycles. The molecule has 4 nitrogen and oxygen atoms in total. The van der Waals surface area contributed by atoms with E-state index in [1.54, 1.807) is 0 Å². The fourth-order valence-corrected chi connectivity index (χ4v) is 1.08. The smallest absolute Gasteiger partial charge is 0.362 e. The topological polar surface area (TPSA) is 64.8 Å². The van der Waals surface area contributed by atoms with Crippen molar-refractivity contribution in [2.75, 3.05) is 6.54 Å². The summed E-state index contributed by atoms with van der Waals surface area (Å²) in [6.07, 6.45) is 1.28. The van der Waals surface area contributed by atoms with E-state index < -0.39 is 12.0 Å². The van der Waals surface area contributed by atoms with Crippen molar-refractivity contribution in [1.29, 1.82) is 0 Å². The van der Waals surface area contributed by atoms with Crippen LogP contribution in [0.4, 0.5) is 0 Å². The Morgan fingerprint density at radius 1 is 1.78 bits per heavy atom. The van der Waals surface area contributed by atoms with Crippen molar-refractivity contribution in [3.05, 3.63) is 5.21 Å². The lowest BCUT2D eigenvalue weighted by Crippen LogP contribution is -3.10. The number of hydrogen-bond donors (Lipinski definition) is 2. The van der Waals surface area contributed by atoms with Gasteiger partial charge in [0.2, 0.25) is 0 Å². The van der Waals surface area contributed by atoms with Crippen LogP contribution >= 0.6 is 0 Å². The van der Waals surface area contributed by atoms with Gasteiger partial charge in [0, 0.05) is 12.8 Å². The van der Waals surface area contributed by atoms with E-state index in [-0.39, 0.29) is 5.06 Å². The Hall–Kier alpha value is -0.610. The molecule has 1 aliphatic rings. The molecule has 0 aromatic heterocycles. The number of hydroxylamine groups is 2. The van der Waals surface area contributed by atoms with Crippen molar-refractivity contribution in [1.82, 2.24) is 0 Å². The first-order chi connectivity index (χ1) is 4.22. The van der Waals surface area contributed by atoms with Crippen LogP contribution in [0.3, 0.4) is 0 Å². The van der Waals surface area contributed by atoms with Gasteiger partial charge in [-0.1, -0.05) is 0 Å². The quantitative estimate of drug-likeness (QED) is 0.431. The number of carboxylic acid groups (broad SMARTS) is 1. The van der Waals surface area contributed by atoms with Crippen LogP contribution in [-0.2, 0) is 4.79 Å². The van der Waals surface area contributed by atoms with Gasteiger partial charge in [-0.2, -0.15) is 0 Å². The Kier molecular flexibility index (Phi) is 1.68. The van der Waals surface area contributed by atoms with Crippen LogP contribution in [0.1, 0.15) is 12.8 Å². The maximum Gasteiger partial charge on any atom is 0.362 e. The zero-order valence-electron chi connectivity index (χ0n) is 4.96. The summed E-state index contributed by atoms with van der Waals surface area (Å²) in [4.78, 5) is 10.2. The first-order valence-electron chi connectivity index (χ1n) is 2.97. The average Bonchev–Trinajstić information content (AvgIpc) is 2.13. The molecule has 0 spiro atoms. The molecule has 2 atom stereocenters. The second-order valence-corrected chi connectivity index (χ2v) is 2.25. The number of quaternary nitrogens is 1. The highest BCUT2D eigenvalue weighted by atomic mass is 16.5. The molecule has 1 heterocycles. The maximum absolute atomic E-state index is 10.6. The Bertz CT molecular complexity index is 125. The highest BCUT2D eigenvalue weighted by molar-refractivity contribution is 5.71. The van der Waals surface area contributed by atoms with Crippen LogP contribution in [0.25, 0.3) is 0 Å². The molecule has 0 aromatic rings. The van der Waals surface area contributed by atoms with Gasteiger partial charge < -0.3 is 15.4 Å². The molecular weight excluding hydrogens is 122 g/mol. The lowest BCUT2D eigenvalue weighted by molar-refractivity contribution is -0.851. The molecule has 0 aromatic carbocycles. The van der Waals surface area contributed by atoms with Crippen molar-refractivity contribution in [3.63, 3.8) is 0 Å². The molecule has 4 heteroatoms. The molecule has 0 aliphatic carbocycles. The van der Waals surface area contributed by atoms with Gasteiger partial charge >= 0.3 is 5.97 Å². The van der Waals surface area contributed by atoms with Gasteiger partial charge in [0.25, 0.3) is 0 Å². The highest BCUT2D eigenvalue weighted by Gasteiger charge is 2.28. The number of nitrogens with one attached hydrogen (secondary N) is 1. The average molecular weight is 131 g/mol. The molecule has 0 amide bonds. The van der Waals surface area contributed by atoms with Gasteiger partial charge in [-0.15, -0.1) is 0 Å². The monoisotopic (exact) mass is 131 g/mol. The summed E-state index contributed by atoms with van der Waals surface area (Å²) in [5.74, 6) is -0.961. The van der Waals surface area contributed by atoms with Gasteiger partial charge in [0.05, 0.1) is 6.54 Å². The van der Waals surface area contributed by atoms with Gasteiger partial charge in [-0.3, -0.25) is 0 Å². The zero-order chi connectivity index (χ0) is 6.85. The lowest BCUT2D eigenvalue weighted by Gasteiger charge is -2.19. The maximum atomic E-state index is 10.6. The van der Waals surface area contributed by atoms with Crippen LogP contribution < -0.4 is 5.06 Å².